The minimum atomic E-state index is -3.31. The summed E-state index contributed by atoms with van der Waals surface area (Å²) in [5.74, 6) is 1.17. The smallest absolute Gasteiger partial charge is 0.349 e. The Morgan fingerprint density at radius 1 is 1.00 bits per heavy atom. The standard InChI is InChI=1S/C28H24N2O6S2/c1-3-34-28(31)25-16-29-27(37-25)23-14-19-13-21(36-20-9-11-22(12-10-20)38(2,32)33)15-24(26(19)30-23)35-17-18-7-5-4-6-8-18/h4-16,30H,3,17H2,1-2H3. The minimum absolute atomic E-state index is 0.216. The van der Waals surface area contributed by atoms with Crippen LogP contribution < -0.4 is 9.47 Å². The number of H-pyrrole nitrogens is 1. The van der Waals surface area contributed by atoms with Gasteiger partial charge in [-0.25, -0.2) is 18.2 Å². The molecule has 194 valence electrons. The summed E-state index contributed by atoms with van der Waals surface area (Å²) in [5.41, 5.74) is 2.48. The molecule has 2 heterocycles. The predicted octanol–water partition coefficient (Wildman–Crippen LogP) is 6.24. The van der Waals surface area contributed by atoms with Crippen LogP contribution in [0.2, 0.25) is 0 Å². The highest BCUT2D eigenvalue weighted by Crippen LogP contribution is 2.37. The Hall–Kier alpha value is -4.15. The Bertz CT molecular complexity index is 1690. The van der Waals surface area contributed by atoms with Crippen molar-refractivity contribution in [1.29, 1.82) is 0 Å². The highest BCUT2D eigenvalue weighted by Gasteiger charge is 2.17. The van der Waals surface area contributed by atoms with Gasteiger partial charge in [0.25, 0.3) is 0 Å². The fraction of sp³-hybridized carbons (Fsp3) is 0.143. The zero-order valence-electron chi connectivity index (χ0n) is 20.6. The first-order valence-corrected chi connectivity index (χ1v) is 14.5. The first-order chi connectivity index (χ1) is 18.3. The molecule has 5 rings (SSSR count). The molecule has 0 radical (unpaired) electrons. The summed E-state index contributed by atoms with van der Waals surface area (Å²) in [6, 6.07) is 21.6. The first kappa shape index (κ1) is 25.5. The van der Waals surface area contributed by atoms with E-state index < -0.39 is 15.8 Å². The number of thiazole rings is 1. The summed E-state index contributed by atoms with van der Waals surface area (Å²) in [4.78, 5) is 20.5. The monoisotopic (exact) mass is 548 g/mol. The SMILES string of the molecule is CCOC(=O)c1cnc(-c2cc3cc(Oc4ccc(S(C)(=O)=O)cc4)cc(OCc4ccccc4)c3[nH]2)s1. The lowest BCUT2D eigenvalue weighted by molar-refractivity contribution is 0.0532. The van der Waals surface area contributed by atoms with Crippen molar-refractivity contribution in [3.8, 4) is 28.0 Å². The molecule has 5 aromatic rings. The van der Waals surface area contributed by atoms with Gasteiger partial charge in [-0.15, -0.1) is 11.3 Å². The summed E-state index contributed by atoms with van der Waals surface area (Å²) < 4.78 is 40.9. The van der Waals surface area contributed by atoms with Gasteiger partial charge >= 0.3 is 5.97 Å². The molecule has 10 heteroatoms. The summed E-state index contributed by atoms with van der Waals surface area (Å²) in [7, 11) is -3.31. The summed E-state index contributed by atoms with van der Waals surface area (Å²) in [5, 5.41) is 1.46. The van der Waals surface area contributed by atoms with Crippen molar-refractivity contribution in [2.45, 2.75) is 18.4 Å². The minimum Gasteiger partial charge on any atom is -0.487 e. The van der Waals surface area contributed by atoms with Crippen molar-refractivity contribution in [1.82, 2.24) is 9.97 Å². The number of fused-ring (bicyclic) bond motifs is 1. The van der Waals surface area contributed by atoms with Crippen molar-refractivity contribution < 1.29 is 27.4 Å². The van der Waals surface area contributed by atoms with Crippen LogP contribution in [0.3, 0.4) is 0 Å². The van der Waals surface area contributed by atoms with Crippen LogP contribution in [0.1, 0.15) is 22.2 Å². The molecule has 8 nitrogen and oxygen atoms in total. The maximum absolute atomic E-state index is 12.1. The van der Waals surface area contributed by atoms with Crippen LogP contribution >= 0.6 is 11.3 Å². The van der Waals surface area contributed by atoms with Crippen molar-refractivity contribution in [2.24, 2.45) is 0 Å². The van der Waals surface area contributed by atoms with Gasteiger partial charge in [-0.3, -0.25) is 0 Å². The highest BCUT2D eigenvalue weighted by atomic mass is 32.2. The molecule has 0 aliphatic rings. The normalized spacial score (nSPS) is 11.4. The number of hydrogen-bond donors (Lipinski definition) is 1. The zero-order chi connectivity index (χ0) is 26.7. The summed E-state index contributed by atoms with van der Waals surface area (Å²) >= 11 is 1.24. The van der Waals surface area contributed by atoms with Crippen molar-refractivity contribution >= 4 is 38.0 Å². The molecule has 38 heavy (non-hydrogen) atoms. The topological polar surface area (TPSA) is 108 Å². The molecule has 0 aliphatic carbocycles. The van der Waals surface area contributed by atoms with Gasteiger partial charge in [0.2, 0.25) is 0 Å². The fourth-order valence-corrected chi connectivity index (χ4v) is 5.21. The Labute approximate surface area is 223 Å². The number of esters is 1. The van der Waals surface area contributed by atoms with Crippen LogP contribution in [0.25, 0.3) is 21.6 Å². The van der Waals surface area contributed by atoms with Crippen LogP contribution in [-0.4, -0.2) is 37.2 Å². The lowest BCUT2D eigenvalue weighted by Gasteiger charge is -2.11. The van der Waals surface area contributed by atoms with E-state index in [0.29, 0.717) is 40.3 Å². The molecular weight excluding hydrogens is 524 g/mol. The molecule has 0 atom stereocenters. The quantitative estimate of drug-likeness (QED) is 0.217. The van der Waals surface area contributed by atoms with E-state index in [0.717, 1.165) is 28.4 Å². The van der Waals surface area contributed by atoms with Crippen LogP contribution in [0.15, 0.2) is 83.9 Å². The molecule has 0 amide bonds. The van der Waals surface area contributed by atoms with E-state index in [1.807, 2.05) is 42.5 Å². The van der Waals surface area contributed by atoms with Crippen molar-refractivity contribution in [2.75, 3.05) is 12.9 Å². The second-order valence-electron chi connectivity index (χ2n) is 8.44. The molecule has 0 fully saturated rings. The Balaban J connectivity index is 1.49. The number of nitrogens with one attached hydrogen (secondary N) is 1. The van der Waals surface area contributed by atoms with Crippen LogP contribution in [-0.2, 0) is 21.2 Å². The van der Waals surface area contributed by atoms with E-state index in [9.17, 15) is 13.2 Å². The van der Waals surface area contributed by atoms with Crippen molar-refractivity contribution in [3.05, 3.63) is 89.4 Å². The van der Waals surface area contributed by atoms with Crippen molar-refractivity contribution in [3.63, 3.8) is 0 Å². The fourth-order valence-electron chi connectivity index (χ4n) is 3.79. The third kappa shape index (κ3) is 5.71. The average Bonchev–Trinajstić information content (AvgIpc) is 3.56. The van der Waals surface area contributed by atoms with E-state index in [1.54, 1.807) is 25.1 Å². The molecule has 1 N–H and O–H groups in total. The van der Waals surface area contributed by atoms with E-state index in [4.69, 9.17) is 14.2 Å². The number of carbonyl (C=O) groups excluding carboxylic acids is 1. The lowest BCUT2D eigenvalue weighted by Crippen LogP contribution is -2.01. The number of sulfone groups is 1. The molecular formula is C28H24N2O6S2. The third-order valence-electron chi connectivity index (χ3n) is 5.60. The number of benzene rings is 3. The molecule has 3 aromatic carbocycles. The largest absolute Gasteiger partial charge is 0.487 e. The number of rotatable bonds is 9. The van der Waals surface area contributed by atoms with Gasteiger partial charge in [-0.1, -0.05) is 30.3 Å². The van der Waals surface area contributed by atoms with Gasteiger partial charge in [0.05, 0.1) is 28.9 Å². The number of carbonyl (C=O) groups is 1. The van der Waals surface area contributed by atoms with Crippen LogP contribution in [0.4, 0.5) is 0 Å². The van der Waals surface area contributed by atoms with Gasteiger partial charge in [0.15, 0.2) is 9.84 Å². The van der Waals surface area contributed by atoms with Gasteiger partial charge in [0.1, 0.15) is 33.7 Å². The first-order valence-electron chi connectivity index (χ1n) is 11.7. The zero-order valence-corrected chi connectivity index (χ0v) is 22.3. The van der Waals surface area contributed by atoms with E-state index in [2.05, 4.69) is 9.97 Å². The van der Waals surface area contributed by atoms with Crippen LogP contribution in [0, 0.1) is 0 Å². The Morgan fingerprint density at radius 3 is 2.47 bits per heavy atom. The maximum Gasteiger partial charge on any atom is 0.349 e. The maximum atomic E-state index is 12.1. The number of aromatic amines is 1. The predicted molar refractivity (Wildman–Crippen MR) is 146 cm³/mol. The number of ether oxygens (including phenoxy) is 3. The third-order valence-corrected chi connectivity index (χ3v) is 7.74. The second-order valence-corrected chi connectivity index (χ2v) is 11.5. The molecule has 2 aromatic heterocycles. The highest BCUT2D eigenvalue weighted by molar-refractivity contribution is 7.90. The van der Waals surface area contributed by atoms with Gasteiger partial charge in [0, 0.05) is 17.7 Å². The molecule has 0 saturated carbocycles. The van der Waals surface area contributed by atoms with Gasteiger partial charge in [-0.2, -0.15) is 0 Å². The molecule has 0 saturated heterocycles. The summed E-state index contributed by atoms with van der Waals surface area (Å²) in [6.07, 6.45) is 2.67. The van der Waals surface area contributed by atoms with E-state index in [-0.39, 0.29) is 4.90 Å². The Kier molecular flexibility index (Phi) is 7.17. The molecule has 0 spiro atoms. The van der Waals surface area contributed by atoms with Gasteiger partial charge < -0.3 is 19.2 Å². The van der Waals surface area contributed by atoms with Gasteiger partial charge in [-0.05, 0) is 48.9 Å². The van der Waals surface area contributed by atoms with E-state index in [1.165, 1.54) is 29.7 Å². The Morgan fingerprint density at radius 2 is 1.76 bits per heavy atom. The number of nitrogens with zero attached hydrogens (tertiary/aromatic N) is 1. The lowest BCUT2D eigenvalue weighted by atomic mass is 10.2. The van der Waals surface area contributed by atoms with Crippen LogP contribution in [0.5, 0.6) is 17.2 Å². The molecule has 0 unspecified atom stereocenters. The number of aromatic nitrogens is 2. The molecule has 0 bridgehead atoms. The molecule has 0 aliphatic heterocycles. The second kappa shape index (κ2) is 10.7. The summed E-state index contributed by atoms with van der Waals surface area (Å²) in [6.45, 7) is 2.40. The number of hydrogen-bond acceptors (Lipinski definition) is 8. The van der Waals surface area contributed by atoms with E-state index >= 15 is 0 Å². The average molecular weight is 549 g/mol.